The molecule has 3 unspecified atom stereocenters. The number of carbonyl (C=O) groups is 1. The molecule has 0 saturated heterocycles. The van der Waals surface area contributed by atoms with Crippen molar-refractivity contribution in [2.45, 2.75) is 25.3 Å². The van der Waals surface area contributed by atoms with E-state index in [0.29, 0.717) is 18.8 Å². The number of aromatic hydroxyl groups is 1. The van der Waals surface area contributed by atoms with Crippen molar-refractivity contribution >= 4 is 28.8 Å². The summed E-state index contributed by atoms with van der Waals surface area (Å²) in [5, 5.41) is 17.6. The molecule has 2 aliphatic rings. The molecule has 3 aromatic carbocycles. The maximum absolute atomic E-state index is 13.7. The third kappa shape index (κ3) is 4.42. The Hall–Kier alpha value is -3.64. The topological polar surface area (TPSA) is 79.8 Å². The Morgan fingerprint density at radius 2 is 1.80 bits per heavy atom. The average molecular weight is 491 g/mol. The largest absolute Gasteiger partial charge is 0.503 e. The number of benzene rings is 3. The Balaban J connectivity index is 1.61. The van der Waals surface area contributed by atoms with Crippen LogP contribution in [0.2, 0.25) is 5.02 Å². The standard InChI is InChI=1S/C28H27ClN2O4/c1-3-35-25-15-18(12-20(29)28(25)33)27-26-23(30-21-6-4-5-7-22(21)31-27)13-17(14-24(26)32)16-8-10-19(34-2)11-9-16/h4-13,15,17,26-27,30-31,33H,3,14H2,1-2H3. The van der Waals surface area contributed by atoms with E-state index in [0.717, 1.165) is 33.9 Å². The van der Waals surface area contributed by atoms with Crippen molar-refractivity contribution in [2.75, 3.05) is 24.4 Å². The number of halogens is 1. The minimum Gasteiger partial charge on any atom is -0.503 e. The van der Waals surface area contributed by atoms with Gasteiger partial charge in [0.2, 0.25) is 0 Å². The summed E-state index contributed by atoms with van der Waals surface area (Å²) in [5.74, 6) is 0.569. The molecule has 0 spiro atoms. The van der Waals surface area contributed by atoms with Crippen LogP contribution in [-0.2, 0) is 4.79 Å². The second kappa shape index (κ2) is 9.55. The van der Waals surface area contributed by atoms with Crippen molar-refractivity contribution in [2.24, 2.45) is 5.92 Å². The summed E-state index contributed by atoms with van der Waals surface area (Å²) in [7, 11) is 1.64. The molecule has 5 rings (SSSR count). The molecule has 7 heteroatoms. The Labute approximate surface area is 209 Å². The summed E-state index contributed by atoms with van der Waals surface area (Å²) < 4.78 is 10.9. The molecule has 0 saturated carbocycles. The number of carbonyl (C=O) groups excluding carboxylic acids is 1. The number of ketones is 1. The minimum atomic E-state index is -0.466. The number of phenolic OH excluding ortho intramolecular Hbond substituents is 1. The van der Waals surface area contributed by atoms with Gasteiger partial charge in [0.25, 0.3) is 0 Å². The second-order valence-electron chi connectivity index (χ2n) is 8.72. The van der Waals surface area contributed by atoms with Gasteiger partial charge in [-0.1, -0.05) is 41.9 Å². The van der Waals surface area contributed by atoms with Gasteiger partial charge in [0.05, 0.1) is 42.1 Å². The Bertz CT molecular complexity index is 1290. The predicted molar refractivity (Wildman–Crippen MR) is 138 cm³/mol. The first-order valence-corrected chi connectivity index (χ1v) is 12.0. The number of hydrogen-bond donors (Lipinski definition) is 3. The maximum atomic E-state index is 13.7. The number of fused-ring (bicyclic) bond motifs is 2. The van der Waals surface area contributed by atoms with E-state index in [2.05, 4.69) is 16.7 Å². The Morgan fingerprint density at radius 3 is 2.51 bits per heavy atom. The molecule has 6 nitrogen and oxygen atoms in total. The van der Waals surface area contributed by atoms with Gasteiger partial charge in [-0.2, -0.15) is 0 Å². The third-order valence-electron chi connectivity index (χ3n) is 6.59. The molecular formula is C28H27ClN2O4. The molecule has 3 atom stereocenters. The van der Waals surface area contributed by atoms with Crippen LogP contribution in [0, 0.1) is 5.92 Å². The first-order chi connectivity index (χ1) is 17.0. The van der Waals surface area contributed by atoms with E-state index >= 15 is 0 Å². The van der Waals surface area contributed by atoms with Crippen LogP contribution in [0.4, 0.5) is 11.4 Å². The zero-order valence-corrected chi connectivity index (χ0v) is 20.3. The Morgan fingerprint density at radius 1 is 1.06 bits per heavy atom. The van der Waals surface area contributed by atoms with Gasteiger partial charge in [-0.25, -0.2) is 0 Å². The first kappa shape index (κ1) is 23.1. The lowest BCUT2D eigenvalue weighted by molar-refractivity contribution is -0.122. The van der Waals surface area contributed by atoms with Crippen molar-refractivity contribution in [3.63, 3.8) is 0 Å². The van der Waals surface area contributed by atoms with Crippen LogP contribution in [0.25, 0.3) is 0 Å². The predicted octanol–water partition coefficient (Wildman–Crippen LogP) is 6.29. The van der Waals surface area contributed by atoms with E-state index in [1.54, 1.807) is 19.2 Å². The molecule has 3 aromatic rings. The highest BCUT2D eigenvalue weighted by Gasteiger charge is 2.40. The van der Waals surface area contributed by atoms with Crippen molar-refractivity contribution < 1.29 is 19.4 Å². The lowest BCUT2D eigenvalue weighted by Crippen LogP contribution is -2.33. The number of para-hydroxylation sites is 2. The molecule has 35 heavy (non-hydrogen) atoms. The van der Waals surface area contributed by atoms with Crippen LogP contribution in [0.15, 0.2) is 72.4 Å². The van der Waals surface area contributed by atoms with E-state index in [-0.39, 0.29) is 22.5 Å². The fraction of sp³-hybridized carbons (Fsp3) is 0.250. The molecule has 0 aromatic heterocycles. The fourth-order valence-corrected chi connectivity index (χ4v) is 5.10. The van der Waals surface area contributed by atoms with Crippen LogP contribution >= 0.6 is 11.6 Å². The zero-order valence-electron chi connectivity index (χ0n) is 19.5. The Kier molecular flexibility index (Phi) is 6.31. The minimum absolute atomic E-state index is 0.0551. The van der Waals surface area contributed by atoms with Crippen molar-refractivity contribution in [3.8, 4) is 17.2 Å². The van der Waals surface area contributed by atoms with Gasteiger partial charge in [0, 0.05) is 18.0 Å². The average Bonchev–Trinajstić information content (AvgIpc) is 3.04. The quantitative estimate of drug-likeness (QED) is 0.390. The second-order valence-corrected chi connectivity index (χ2v) is 9.13. The van der Waals surface area contributed by atoms with Crippen molar-refractivity contribution in [1.82, 2.24) is 0 Å². The summed E-state index contributed by atoms with van der Waals surface area (Å²) in [6.45, 7) is 2.22. The number of rotatable bonds is 5. The molecule has 1 heterocycles. The van der Waals surface area contributed by atoms with Crippen LogP contribution in [0.5, 0.6) is 17.2 Å². The first-order valence-electron chi connectivity index (χ1n) is 11.6. The smallest absolute Gasteiger partial charge is 0.176 e. The van der Waals surface area contributed by atoms with Gasteiger partial charge < -0.3 is 25.2 Å². The van der Waals surface area contributed by atoms with E-state index in [1.165, 1.54) is 0 Å². The number of ether oxygens (including phenoxy) is 2. The molecular weight excluding hydrogens is 464 g/mol. The molecule has 180 valence electrons. The fourth-order valence-electron chi connectivity index (χ4n) is 4.89. The summed E-state index contributed by atoms with van der Waals surface area (Å²) in [4.78, 5) is 13.7. The lowest BCUT2D eigenvalue weighted by Gasteiger charge is -2.32. The monoisotopic (exact) mass is 490 g/mol. The number of methoxy groups -OCH3 is 1. The van der Waals surface area contributed by atoms with Gasteiger partial charge in [-0.15, -0.1) is 0 Å². The maximum Gasteiger partial charge on any atom is 0.176 e. The molecule has 0 bridgehead atoms. The summed E-state index contributed by atoms with van der Waals surface area (Å²) in [6, 6.07) is 18.8. The van der Waals surface area contributed by atoms with E-state index in [1.807, 2.05) is 55.5 Å². The van der Waals surface area contributed by atoms with Crippen LogP contribution in [0.3, 0.4) is 0 Å². The highest BCUT2D eigenvalue weighted by atomic mass is 35.5. The van der Waals surface area contributed by atoms with Crippen molar-refractivity contribution in [3.05, 3.63) is 88.6 Å². The number of Topliss-reactive ketones (excluding diaryl/α,β-unsaturated/α-hetero) is 1. The lowest BCUT2D eigenvalue weighted by atomic mass is 9.76. The molecule has 0 radical (unpaired) electrons. The number of phenols is 1. The van der Waals surface area contributed by atoms with E-state index < -0.39 is 12.0 Å². The van der Waals surface area contributed by atoms with Gasteiger partial charge in [0.15, 0.2) is 11.5 Å². The number of allylic oxidation sites excluding steroid dienone is 1. The van der Waals surface area contributed by atoms with E-state index in [9.17, 15) is 9.90 Å². The summed E-state index contributed by atoms with van der Waals surface area (Å²) >= 11 is 6.37. The molecule has 1 aliphatic carbocycles. The molecule has 0 fully saturated rings. The number of nitrogens with one attached hydrogen (secondary N) is 2. The van der Waals surface area contributed by atoms with Crippen molar-refractivity contribution in [1.29, 1.82) is 0 Å². The number of hydrogen-bond acceptors (Lipinski definition) is 6. The van der Waals surface area contributed by atoms with Crippen LogP contribution in [-0.4, -0.2) is 24.6 Å². The third-order valence-corrected chi connectivity index (χ3v) is 6.88. The van der Waals surface area contributed by atoms with Gasteiger partial charge in [-0.05, 0) is 54.4 Å². The SMILES string of the molecule is CCOc1cc(C2Nc3ccccc3NC3=CC(c4ccc(OC)cc4)CC(=O)C32)cc(Cl)c1O. The molecule has 0 amide bonds. The summed E-state index contributed by atoms with van der Waals surface area (Å²) in [5.41, 5.74) is 4.43. The highest BCUT2D eigenvalue weighted by molar-refractivity contribution is 6.32. The summed E-state index contributed by atoms with van der Waals surface area (Å²) in [6.07, 6.45) is 2.52. The zero-order chi connectivity index (χ0) is 24.5. The number of anilines is 2. The van der Waals surface area contributed by atoms with Crippen LogP contribution in [0.1, 0.15) is 36.4 Å². The van der Waals surface area contributed by atoms with Crippen LogP contribution < -0.4 is 20.1 Å². The van der Waals surface area contributed by atoms with Gasteiger partial charge in [-0.3, -0.25) is 4.79 Å². The molecule has 3 N–H and O–H groups in total. The highest BCUT2D eigenvalue weighted by Crippen LogP contribution is 2.46. The molecule has 1 aliphatic heterocycles. The van der Waals surface area contributed by atoms with Gasteiger partial charge >= 0.3 is 0 Å². The normalized spacial score (nSPS) is 20.9. The van der Waals surface area contributed by atoms with E-state index in [4.69, 9.17) is 21.1 Å². The van der Waals surface area contributed by atoms with Gasteiger partial charge in [0.1, 0.15) is 11.5 Å².